The van der Waals surface area contributed by atoms with Gasteiger partial charge in [-0.15, -0.1) is 0 Å². The number of aromatic nitrogens is 2. The molecule has 4 nitrogen and oxygen atoms in total. The monoisotopic (exact) mass is 243 g/mol. The molecule has 1 aliphatic heterocycles. The van der Waals surface area contributed by atoms with Gasteiger partial charge in [0.05, 0.1) is 0 Å². The predicted molar refractivity (Wildman–Crippen MR) is 69.3 cm³/mol. The van der Waals surface area contributed by atoms with Gasteiger partial charge in [-0.3, -0.25) is 0 Å². The minimum Gasteiger partial charge on any atom is -0.334 e. The molecule has 0 saturated carbocycles. The van der Waals surface area contributed by atoms with Gasteiger partial charge in [0.15, 0.2) is 5.82 Å². The van der Waals surface area contributed by atoms with E-state index in [2.05, 4.69) is 34.5 Å². The summed E-state index contributed by atoms with van der Waals surface area (Å²) >= 11 is 0. The van der Waals surface area contributed by atoms with Gasteiger partial charge in [-0.2, -0.15) is 4.98 Å². The zero-order valence-corrected chi connectivity index (χ0v) is 10.5. The molecule has 18 heavy (non-hydrogen) atoms. The number of benzene rings is 1. The molecular weight excluding hydrogens is 226 g/mol. The molecule has 4 heteroatoms. The van der Waals surface area contributed by atoms with E-state index in [1.54, 1.807) is 0 Å². The van der Waals surface area contributed by atoms with Crippen LogP contribution in [0.25, 0.3) is 11.5 Å². The number of aryl methyl sites for hydroxylation is 1. The quantitative estimate of drug-likeness (QED) is 0.880. The van der Waals surface area contributed by atoms with Crippen LogP contribution in [0.5, 0.6) is 0 Å². The van der Waals surface area contributed by atoms with Gasteiger partial charge in [0.1, 0.15) is 0 Å². The molecule has 2 aromatic rings. The fourth-order valence-electron chi connectivity index (χ4n) is 2.38. The number of hydrogen-bond donors (Lipinski definition) is 1. The summed E-state index contributed by atoms with van der Waals surface area (Å²) in [7, 11) is 0. The first-order chi connectivity index (χ1) is 8.83. The van der Waals surface area contributed by atoms with E-state index in [1.807, 2.05) is 12.1 Å². The zero-order valence-electron chi connectivity index (χ0n) is 10.5. The molecule has 0 atom stereocenters. The average molecular weight is 243 g/mol. The summed E-state index contributed by atoms with van der Waals surface area (Å²) in [5.74, 6) is 1.92. The van der Waals surface area contributed by atoms with Crippen LogP contribution < -0.4 is 5.32 Å². The first-order valence-corrected chi connectivity index (χ1v) is 6.44. The third kappa shape index (κ3) is 2.29. The third-order valence-electron chi connectivity index (χ3n) is 3.41. The van der Waals surface area contributed by atoms with Crippen molar-refractivity contribution < 1.29 is 4.52 Å². The maximum atomic E-state index is 5.38. The Balaban J connectivity index is 1.84. The Bertz CT molecular complexity index is 529. The van der Waals surface area contributed by atoms with Crippen LogP contribution in [0.2, 0.25) is 0 Å². The molecule has 0 unspecified atom stereocenters. The summed E-state index contributed by atoms with van der Waals surface area (Å²) in [6, 6.07) is 8.15. The van der Waals surface area contributed by atoms with Crippen LogP contribution in [0.3, 0.4) is 0 Å². The smallest absolute Gasteiger partial charge is 0.257 e. The minimum atomic E-state index is 0.438. The molecule has 0 radical (unpaired) electrons. The van der Waals surface area contributed by atoms with Crippen molar-refractivity contribution in [2.75, 3.05) is 13.1 Å². The van der Waals surface area contributed by atoms with Gasteiger partial charge < -0.3 is 9.84 Å². The molecule has 3 rings (SSSR count). The van der Waals surface area contributed by atoms with Crippen molar-refractivity contribution in [2.24, 2.45) is 0 Å². The maximum absolute atomic E-state index is 5.38. The Morgan fingerprint density at radius 3 is 2.89 bits per heavy atom. The van der Waals surface area contributed by atoms with Gasteiger partial charge in [-0.25, -0.2) is 0 Å². The van der Waals surface area contributed by atoms with Crippen LogP contribution in [-0.2, 0) is 0 Å². The van der Waals surface area contributed by atoms with Crippen molar-refractivity contribution in [2.45, 2.75) is 25.7 Å². The van der Waals surface area contributed by atoms with Gasteiger partial charge in [-0.1, -0.05) is 22.9 Å². The van der Waals surface area contributed by atoms with Crippen LogP contribution in [0.15, 0.2) is 28.8 Å². The number of rotatable bonds is 2. The van der Waals surface area contributed by atoms with E-state index >= 15 is 0 Å². The summed E-state index contributed by atoms with van der Waals surface area (Å²) in [4.78, 5) is 4.54. The molecule has 1 saturated heterocycles. The summed E-state index contributed by atoms with van der Waals surface area (Å²) in [5.41, 5.74) is 2.21. The SMILES string of the molecule is Cc1cccc(-c2nc(C3CCNCC3)no2)c1. The molecular formula is C14H17N3O. The van der Waals surface area contributed by atoms with Gasteiger partial charge in [-0.05, 0) is 45.0 Å². The highest BCUT2D eigenvalue weighted by Crippen LogP contribution is 2.25. The minimum absolute atomic E-state index is 0.438. The second kappa shape index (κ2) is 4.90. The van der Waals surface area contributed by atoms with Crippen molar-refractivity contribution in [3.8, 4) is 11.5 Å². The van der Waals surface area contributed by atoms with E-state index < -0.39 is 0 Å². The Morgan fingerprint density at radius 2 is 2.11 bits per heavy atom. The van der Waals surface area contributed by atoms with Crippen molar-refractivity contribution >= 4 is 0 Å². The predicted octanol–water partition coefficient (Wildman–Crippen LogP) is 2.51. The van der Waals surface area contributed by atoms with E-state index in [9.17, 15) is 0 Å². The first kappa shape index (κ1) is 11.4. The molecule has 0 spiro atoms. The van der Waals surface area contributed by atoms with E-state index in [4.69, 9.17) is 4.52 Å². The fraction of sp³-hybridized carbons (Fsp3) is 0.429. The highest BCUT2D eigenvalue weighted by atomic mass is 16.5. The summed E-state index contributed by atoms with van der Waals surface area (Å²) < 4.78 is 5.38. The van der Waals surface area contributed by atoms with Gasteiger partial charge in [0.25, 0.3) is 5.89 Å². The van der Waals surface area contributed by atoms with Crippen LogP contribution in [0.1, 0.15) is 30.1 Å². The summed E-state index contributed by atoms with van der Waals surface area (Å²) in [5, 5.41) is 7.48. The molecule has 1 N–H and O–H groups in total. The number of piperidine rings is 1. The van der Waals surface area contributed by atoms with Crippen molar-refractivity contribution in [1.29, 1.82) is 0 Å². The third-order valence-corrected chi connectivity index (χ3v) is 3.41. The Kier molecular flexibility index (Phi) is 3.11. The van der Waals surface area contributed by atoms with Gasteiger partial charge in [0.2, 0.25) is 0 Å². The van der Waals surface area contributed by atoms with Crippen LogP contribution in [0.4, 0.5) is 0 Å². The van der Waals surface area contributed by atoms with Crippen LogP contribution in [0, 0.1) is 6.92 Å². The lowest BCUT2D eigenvalue weighted by Crippen LogP contribution is -2.27. The summed E-state index contributed by atoms with van der Waals surface area (Å²) in [6.07, 6.45) is 2.18. The first-order valence-electron chi connectivity index (χ1n) is 6.44. The Labute approximate surface area is 106 Å². The van der Waals surface area contributed by atoms with Gasteiger partial charge in [0, 0.05) is 11.5 Å². The number of hydrogen-bond acceptors (Lipinski definition) is 4. The molecule has 1 fully saturated rings. The molecule has 1 aliphatic rings. The van der Waals surface area contributed by atoms with E-state index in [1.165, 1.54) is 5.56 Å². The second-order valence-corrected chi connectivity index (χ2v) is 4.85. The van der Waals surface area contributed by atoms with E-state index in [0.717, 1.165) is 37.3 Å². The van der Waals surface area contributed by atoms with E-state index in [-0.39, 0.29) is 0 Å². The lowest BCUT2D eigenvalue weighted by atomic mass is 9.98. The highest BCUT2D eigenvalue weighted by Gasteiger charge is 2.21. The Morgan fingerprint density at radius 1 is 1.28 bits per heavy atom. The topological polar surface area (TPSA) is 51.0 Å². The lowest BCUT2D eigenvalue weighted by Gasteiger charge is -2.18. The molecule has 2 heterocycles. The van der Waals surface area contributed by atoms with Crippen molar-refractivity contribution in [3.63, 3.8) is 0 Å². The standard InChI is InChI=1S/C14H17N3O/c1-10-3-2-4-12(9-10)14-16-13(17-18-14)11-5-7-15-8-6-11/h2-4,9,11,15H,5-8H2,1H3. The average Bonchev–Trinajstić information content (AvgIpc) is 2.89. The fourth-order valence-corrected chi connectivity index (χ4v) is 2.38. The van der Waals surface area contributed by atoms with E-state index in [0.29, 0.717) is 11.8 Å². The molecule has 94 valence electrons. The van der Waals surface area contributed by atoms with Crippen molar-refractivity contribution in [1.82, 2.24) is 15.5 Å². The van der Waals surface area contributed by atoms with Crippen LogP contribution >= 0.6 is 0 Å². The molecule has 1 aromatic carbocycles. The normalized spacial score (nSPS) is 16.9. The molecule has 0 bridgehead atoms. The highest BCUT2D eigenvalue weighted by molar-refractivity contribution is 5.53. The van der Waals surface area contributed by atoms with Gasteiger partial charge >= 0.3 is 0 Å². The van der Waals surface area contributed by atoms with Crippen molar-refractivity contribution in [3.05, 3.63) is 35.7 Å². The number of nitrogens with one attached hydrogen (secondary N) is 1. The number of nitrogens with zero attached hydrogens (tertiary/aromatic N) is 2. The second-order valence-electron chi connectivity index (χ2n) is 4.85. The molecule has 1 aromatic heterocycles. The Hall–Kier alpha value is -1.68. The molecule has 0 amide bonds. The lowest BCUT2D eigenvalue weighted by molar-refractivity contribution is 0.392. The largest absolute Gasteiger partial charge is 0.334 e. The zero-order chi connectivity index (χ0) is 12.4. The maximum Gasteiger partial charge on any atom is 0.257 e. The summed E-state index contributed by atoms with van der Waals surface area (Å²) in [6.45, 7) is 4.14. The molecule has 0 aliphatic carbocycles. The van der Waals surface area contributed by atoms with Crippen LogP contribution in [-0.4, -0.2) is 23.2 Å².